The number of rotatable bonds is 4. The molecule has 0 aliphatic carbocycles. The lowest BCUT2D eigenvalue weighted by atomic mass is 10.1. The predicted octanol–water partition coefficient (Wildman–Crippen LogP) is 2.47. The van der Waals surface area contributed by atoms with Gasteiger partial charge < -0.3 is 4.57 Å². The predicted molar refractivity (Wildman–Crippen MR) is 73.4 cm³/mol. The maximum absolute atomic E-state index is 6.15. The summed E-state index contributed by atoms with van der Waals surface area (Å²) in [6.07, 6.45) is 4.27. The molecule has 1 atom stereocenters. The van der Waals surface area contributed by atoms with Crippen LogP contribution in [0.2, 0.25) is 10.0 Å². The maximum Gasteiger partial charge on any atom is 0.127 e. The second-order valence-electron chi connectivity index (χ2n) is 4.06. The van der Waals surface area contributed by atoms with Gasteiger partial charge in [-0.25, -0.2) is 10.4 Å². The number of nitrogens with one attached hydrogen (secondary N) is 1. The lowest BCUT2D eigenvalue weighted by Gasteiger charge is -2.16. The van der Waals surface area contributed by atoms with E-state index in [0.29, 0.717) is 16.5 Å². The Kier molecular flexibility index (Phi) is 4.24. The Morgan fingerprint density at radius 2 is 2.22 bits per heavy atom. The van der Waals surface area contributed by atoms with Crippen LogP contribution in [-0.2, 0) is 13.5 Å². The molecule has 4 nitrogen and oxygen atoms in total. The van der Waals surface area contributed by atoms with Crippen LogP contribution in [0.4, 0.5) is 0 Å². The fourth-order valence-electron chi connectivity index (χ4n) is 1.84. The molecule has 18 heavy (non-hydrogen) atoms. The summed E-state index contributed by atoms with van der Waals surface area (Å²) in [4.78, 5) is 4.28. The topological polar surface area (TPSA) is 55.9 Å². The number of nitrogens with two attached hydrogens (primary N) is 1. The molecule has 0 amide bonds. The van der Waals surface area contributed by atoms with Gasteiger partial charge in [0.05, 0.1) is 6.04 Å². The van der Waals surface area contributed by atoms with Crippen LogP contribution in [0, 0.1) is 0 Å². The van der Waals surface area contributed by atoms with E-state index in [1.54, 1.807) is 12.3 Å². The van der Waals surface area contributed by atoms with Crippen LogP contribution in [0.3, 0.4) is 0 Å². The first-order valence-corrected chi connectivity index (χ1v) is 6.24. The molecule has 0 fully saturated rings. The molecule has 0 bridgehead atoms. The van der Waals surface area contributed by atoms with Gasteiger partial charge in [0.25, 0.3) is 0 Å². The van der Waals surface area contributed by atoms with Gasteiger partial charge >= 0.3 is 0 Å². The maximum atomic E-state index is 6.15. The van der Waals surface area contributed by atoms with Crippen molar-refractivity contribution in [1.29, 1.82) is 0 Å². The second-order valence-corrected chi connectivity index (χ2v) is 4.90. The van der Waals surface area contributed by atoms with E-state index in [-0.39, 0.29) is 6.04 Å². The Morgan fingerprint density at radius 3 is 2.78 bits per heavy atom. The van der Waals surface area contributed by atoms with Crippen molar-refractivity contribution in [2.24, 2.45) is 12.9 Å². The first-order chi connectivity index (χ1) is 8.61. The Hall–Kier alpha value is -1.07. The average Bonchev–Trinajstić information content (AvgIpc) is 2.75. The fourth-order valence-corrected chi connectivity index (χ4v) is 2.33. The summed E-state index contributed by atoms with van der Waals surface area (Å²) in [5.74, 6) is 6.45. The summed E-state index contributed by atoms with van der Waals surface area (Å²) in [6, 6.07) is 5.35. The molecule has 0 saturated carbocycles. The molecule has 6 heteroatoms. The first kappa shape index (κ1) is 13.4. The Labute approximate surface area is 116 Å². The molecule has 2 aromatic rings. The number of aromatic nitrogens is 2. The van der Waals surface area contributed by atoms with Crippen LogP contribution in [0.5, 0.6) is 0 Å². The summed E-state index contributed by atoms with van der Waals surface area (Å²) < 4.78 is 1.92. The van der Waals surface area contributed by atoms with E-state index >= 15 is 0 Å². The van der Waals surface area contributed by atoms with Crippen molar-refractivity contribution in [2.75, 3.05) is 0 Å². The molecular formula is C12H14Cl2N4. The van der Waals surface area contributed by atoms with Crippen molar-refractivity contribution >= 4 is 23.2 Å². The first-order valence-electron chi connectivity index (χ1n) is 5.49. The molecule has 0 spiro atoms. The van der Waals surface area contributed by atoms with Gasteiger partial charge in [-0.2, -0.15) is 0 Å². The van der Waals surface area contributed by atoms with Crippen LogP contribution in [0.25, 0.3) is 0 Å². The zero-order valence-corrected chi connectivity index (χ0v) is 11.4. The minimum absolute atomic E-state index is 0.0938. The molecule has 1 unspecified atom stereocenters. The molecule has 3 N–H and O–H groups in total. The summed E-state index contributed by atoms with van der Waals surface area (Å²) in [7, 11) is 1.93. The highest BCUT2D eigenvalue weighted by Crippen LogP contribution is 2.25. The van der Waals surface area contributed by atoms with Crippen molar-refractivity contribution < 1.29 is 0 Å². The van der Waals surface area contributed by atoms with Gasteiger partial charge in [-0.15, -0.1) is 0 Å². The number of aryl methyl sites for hydroxylation is 1. The van der Waals surface area contributed by atoms with Crippen molar-refractivity contribution in [3.05, 3.63) is 52.0 Å². The number of benzene rings is 1. The molecule has 0 saturated heterocycles. The van der Waals surface area contributed by atoms with Gasteiger partial charge in [-0.1, -0.05) is 29.3 Å². The molecule has 1 aromatic heterocycles. The Bertz CT molecular complexity index is 539. The van der Waals surface area contributed by atoms with Gasteiger partial charge in [0.15, 0.2) is 0 Å². The lowest BCUT2D eigenvalue weighted by molar-refractivity contribution is 0.507. The molecule has 0 radical (unpaired) electrons. The van der Waals surface area contributed by atoms with E-state index in [9.17, 15) is 0 Å². The van der Waals surface area contributed by atoms with Gasteiger partial charge in [0.1, 0.15) is 5.82 Å². The van der Waals surface area contributed by atoms with Gasteiger partial charge in [-0.05, 0) is 24.1 Å². The zero-order valence-electron chi connectivity index (χ0n) is 9.90. The monoisotopic (exact) mass is 284 g/mol. The Balaban J connectivity index is 2.23. The van der Waals surface area contributed by atoms with Crippen molar-refractivity contribution in [2.45, 2.75) is 12.5 Å². The van der Waals surface area contributed by atoms with Crippen LogP contribution in [-0.4, -0.2) is 9.55 Å². The summed E-state index contributed by atoms with van der Waals surface area (Å²) in [5.41, 5.74) is 3.74. The minimum Gasteiger partial charge on any atom is -0.337 e. The summed E-state index contributed by atoms with van der Waals surface area (Å²) >= 11 is 12.0. The zero-order chi connectivity index (χ0) is 13.1. The van der Waals surface area contributed by atoms with E-state index in [0.717, 1.165) is 11.4 Å². The Morgan fingerprint density at radius 1 is 1.44 bits per heavy atom. The summed E-state index contributed by atoms with van der Waals surface area (Å²) in [6.45, 7) is 0. The highest BCUT2D eigenvalue weighted by molar-refractivity contribution is 6.35. The third-order valence-corrected chi connectivity index (χ3v) is 3.40. The van der Waals surface area contributed by atoms with Crippen LogP contribution < -0.4 is 11.3 Å². The van der Waals surface area contributed by atoms with E-state index < -0.39 is 0 Å². The molecule has 2 rings (SSSR count). The third-order valence-electron chi connectivity index (χ3n) is 2.81. The molecule has 0 aliphatic heterocycles. The second kappa shape index (κ2) is 5.71. The van der Waals surface area contributed by atoms with Gasteiger partial charge in [0, 0.05) is 29.5 Å². The highest BCUT2D eigenvalue weighted by atomic mass is 35.5. The number of imidazole rings is 1. The van der Waals surface area contributed by atoms with Crippen LogP contribution in [0.1, 0.15) is 17.4 Å². The number of hydrogen-bond donors (Lipinski definition) is 2. The third kappa shape index (κ3) is 2.84. The number of hydrogen-bond acceptors (Lipinski definition) is 3. The van der Waals surface area contributed by atoms with Crippen LogP contribution >= 0.6 is 23.2 Å². The smallest absolute Gasteiger partial charge is 0.127 e. The van der Waals surface area contributed by atoms with E-state index in [2.05, 4.69) is 10.4 Å². The quantitative estimate of drug-likeness (QED) is 0.670. The molecule has 1 aromatic carbocycles. The number of hydrazine groups is 1. The largest absolute Gasteiger partial charge is 0.337 e. The standard InChI is InChI=1S/C12H14Cl2N4/c1-18-5-4-16-12(18)11(17-15)6-8-2-3-9(13)7-10(8)14/h2-5,7,11,17H,6,15H2,1H3. The highest BCUT2D eigenvalue weighted by Gasteiger charge is 2.16. The number of halogens is 2. The fraction of sp³-hybridized carbons (Fsp3) is 0.250. The van der Waals surface area contributed by atoms with Gasteiger partial charge in [0.2, 0.25) is 0 Å². The molecule has 1 heterocycles. The van der Waals surface area contributed by atoms with Gasteiger partial charge in [-0.3, -0.25) is 5.84 Å². The minimum atomic E-state index is -0.0938. The molecule has 0 aliphatic rings. The van der Waals surface area contributed by atoms with E-state index in [1.165, 1.54) is 0 Å². The van der Waals surface area contributed by atoms with Crippen molar-refractivity contribution in [1.82, 2.24) is 15.0 Å². The molecular weight excluding hydrogens is 271 g/mol. The normalized spacial score (nSPS) is 12.7. The molecule has 96 valence electrons. The van der Waals surface area contributed by atoms with Crippen molar-refractivity contribution in [3.8, 4) is 0 Å². The SMILES string of the molecule is Cn1ccnc1C(Cc1ccc(Cl)cc1Cl)NN. The lowest BCUT2D eigenvalue weighted by Crippen LogP contribution is -2.31. The van der Waals surface area contributed by atoms with Crippen molar-refractivity contribution in [3.63, 3.8) is 0 Å². The number of nitrogens with zero attached hydrogens (tertiary/aromatic N) is 2. The average molecular weight is 285 g/mol. The van der Waals surface area contributed by atoms with E-state index in [4.69, 9.17) is 29.0 Å². The summed E-state index contributed by atoms with van der Waals surface area (Å²) in [5, 5.41) is 1.26. The van der Waals surface area contributed by atoms with Crippen LogP contribution in [0.15, 0.2) is 30.6 Å². The van der Waals surface area contributed by atoms with E-state index in [1.807, 2.05) is 29.9 Å².